The van der Waals surface area contributed by atoms with Gasteiger partial charge in [-0.2, -0.15) is 13.2 Å². The molecule has 1 amide bonds. The zero-order valence-corrected chi connectivity index (χ0v) is 9.92. The number of aromatic nitrogens is 2. The number of hydrogen-bond donors (Lipinski definition) is 2. The second kappa shape index (κ2) is 5.29. The Balaban J connectivity index is 1.86. The average molecular weight is 271 g/mol. The van der Waals surface area contributed by atoms with Crippen LogP contribution in [0.4, 0.5) is 13.2 Å². The SMILES string of the molecule is O=C(CCC(F)(F)F)NCc1nc2ccccc2[nH]1. The molecule has 0 saturated heterocycles. The number of amides is 1. The number of aromatic amines is 1. The first-order chi connectivity index (χ1) is 8.94. The molecule has 2 N–H and O–H groups in total. The molecular weight excluding hydrogens is 259 g/mol. The van der Waals surface area contributed by atoms with Crippen molar-refractivity contribution in [2.75, 3.05) is 0 Å². The molecule has 0 aliphatic rings. The average Bonchev–Trinajstić information content (AvgIpc) is 2.75. The van der Waals surface area contributed by atoms with E-state index in [1.807, 2.05) is 18.2 Å². The first-order valence-corrected chi connectivity index (χ1v) is 5.71. The van der Waals surface area contributed by atoms with Crippen LogP contribution in [0, 0.1) is 0 Å². The summed E-state index contributed by atoms with van der Waals surface area (Å²) < 4.78 is 35.8. The van der Waals surface area contributed by atoms with Crippen molar-refractivity contribution in [1.82, 2.24) is 15.3 Å². The lowest BCUT2D eigenvalue weighted by atomic mass is 10.3. The molecule has 0 aliphatic carbocycles. The number of hydrogen-bond acceptors (Lipinski definition) is 2. The zero-order chi connectivity index (χ0) is 13.9. The van der Waals surface area contributed by atoms with Gasteiger partial charge in [0.15, 0.2) is 0 Å². The van der Waals surface area contributed by atoms with Crippen LogP contribution < -0.4 is 5.32 Å². The van der Waals surface area contributed by atoms with Crippen molar-refractivity contribution in [2.45, 2.75) is 25.6 Å². The summed E-state index contributed by atoms with van der Waals surface area (Å²) in [4.78, 5) is 18.4. The van der Waals surface area contributed by atoms with E-state index in [9.17, 15) is 18.0 Å². The molecular formula is C12H12F3N3O. The molecule has 1 aromatic carbocycles. The maximum Gasteiger partial charge on any atom is 0.389 e. The molecule has 102 valence electrons. The maximum atomic E-state index is 11.9. The number of fused-ring (bicyclic) bond motifs is 1. The predicted molar refractivity (Wildman–Crippen MR) is 63.2 cm³/mol. The minimum atomic E-state index is -4.31. The summed E-state index contributed by atoms with van der Waals surface area (Å²) in [5.74, 6) is -0.126. The lowest BCUT2D eigenvalue weighted by Crippen LogP contribution is -2.25. The predicted octanol–water partition coefficient (Wildman–Crippen LogP) is 2.52. The quantitative estimate of drug-likeness (QED) is 0.897. The lowest BCUT2D eigenvalue weighted by Gasteiger charge is -2.06. The van der Waals surface area contributed by atoms with Crippen LogP contribution in [0.25, 0.3) is 11.0 Å². The number of carbonyl (C=O) groups excluding carboxylic acids is 1. The molecule has 7 heteroatoms. The standard InChI is InChI=1S/C12H12F3N3O/c13-12(14,15)6-5-11(19)16-7-10-17-8-3-1-2-4-9(8)18-10/h1-4H,5-7H2,(H,16,19)(H,17,18). The second-order valence-electron chi connectivity index (χ2n) is 4.09. The Morgan fingerprint density at radius 3 is 2.74 bits per heavy atom. The summed E-state index contributed by atoms with van der Waals surface area (Å²) >= 11 is 0. The van der Waals surface area contributed by atoms with Crippen molar-refractivity contribution >= 4 is 16.9 Å². The van der Waals surface area contributed by atoms with Gasteiger partial charge in [-0.05, 0) is 12.1 Å². The van der Waals surface area contributed by atoms with Crippen LogP contribution in [0.15, 0.2) is 24.3 Å². The number of H-pyrrole nitrogens is 1. The van der Waals surface area contributed by atoms with Crippen LogP contribution in [-0.2, 0) is 11.3 Å². The van der Waals surface area contributed by atoms with E-state index >= 15 is 0 Å². The Morgan fingerprint density at radius 2 is 2.05 bits per heavy atom. The first kappa shape index (κ1) is 13.4. The largest absolute Gasteiger partial charge is 0.389 e. The molecule has 0 aliphatic heterocycles. The lowest BCUT2D eigenvalue weighted by molar-refractivity contribution is -0.144. The highest BCUT2D eigenvalue weighted by atomic mass is 19.4. The van der Waals surface area contributed by atoms with Gasteiger partial charge >= 0.3 is 6.18 Å². The molecule has 4 nitrogen and oxygen atoms in total. The number of benzene rings is 1. The molecule has 0 atom stereocenters. The van der Waals surface area contributed by atoms with Crippen LogP contribution in [0.2, 0.25) is 0 Å². The van der Waals surface area contributed by atoms with E-state index in [1.54, 1.807) is 6.07 Å². The van der Waals surface area contributed by atoms with Gasteiger partial charge in [-0.15, -0.1) is 0 Å². The van der Waals surface area contributed by atoms with E-state index in [1.165, 1.54) is 0 Å². The summed E-state index contributed by atoms with van der Waals surface area (Å²) in [6, 6.07) is 7.30. The van der Waals surface area contributed by atoms with E-state index in [-0.39, 0.29) is 6.54 Å². The highest BCUT2D eigenvalue weighted by Crippen LogP contribution is 2.21. The third-order valence-electron chi connectivity index (χ3n) is 2.53. The van der Waals surface area contributed by atoms with Gasteiger partial charge in [0.25, 0.3) is 0 Å². The van der Waals surface area contributed by atoms with E-state index in [0.717, 1.165) is 11.0 Å². The van der Waals surface area contributed by atoms with Crippen LogP contribution >= 0.6 is 0 Å². The number of carbonyl (C=O) groups is 1. The second-order valence-corrected chi connectivity index (χ2v) is 4.09. The number of imidazole rings is 1. The Morgan fingerprint density at radius 1 is 1.32 bits per heavy atom. The Labute approximate surface area is 107 Å². The number of nitrogens with zero attached hydrogens (tertiary/aromatic N) is 1. The van der Waals surface area contributed by atoms with Crippen LogP contribution in [0.3, 0.4) is 0 Å². The van der Waals surface area contributed by atoms with Crippen LogP contribution in [-0.4, -0.2) is 22.1 Å². The number of halogens is 3. The number of nitrogens with one attached hydrogen (secondary N) is 2. The van der Waals surface area contributed by atoms with Crippen molar-refractivity contribution in [3.8, 4) is 0 Å². The van der Waals surface area contributed by atoms with Crippen LogP contribution in [0.1, 0.15) is 18.7 Å². The fraction of sp³-hybridized carbons (Fsp3) is 0.333. The molecule has 1 heterocycles. The van der Waals surface area contributed by atoms with Crippen molar-refractivity contribution in [2.24, 2.45) is 0 Å². The molecule has 0 saturated carbocycles. The molecule has 1 aromatic heterocycles. The fourth-order valence-corrected chi connectivity index (χ4v) is 1.62. The van der Waals surface area contributed by atoms with E-state index in [4.69, 9.17) is 0 Å². The maximum absolute atomic E-state index is 11.9. The Bertz CT molecular complexity index is 544. The summed E-state index contributed by atoms with van der Waals surface area (Å²) in [7, 11) is 0. The Hall–Kier alpha value is -2.05. The molecule has 2 rings (SSSR count). The topological polar surface area (TPSA) is 57.8 Å². The third kappa shape index (κ3) is 3.97. The van der Waals surface area contributed by atoms with Gasteiger partial charge in [0.2, 0.25) is 5.91 Å². The van der Waals surface area contributed by atoms with E-state index < -0.39 is 24.9 Å². The van der Waals surface area contributed by atoms with Gasteiger partial charge in [0, 0.05) is 6.42 Å². The third-order valence-corrected chi connectivity index (χ3v) is 2.53. The van der Waals surface area contributed by atoms with Gasteiger partial charge in [0.05, 0.1) is 24.0 Å². The van der Waals surface area contributed by atoms with E-state index in [0.29, 0.717) is 5.82 Å². The highest BCUT2D eigenvalue weighted by molar-refractivity contribution is 5.76. The zero-order valence-electron chi connectivity index (χ0n) is 9.92. The first-order valence-electron chi connectivity index (χ1n) is 5.71. The van der Waals surface area contributed by atoms with Gasteiger partial charge in [-0.1, -0.05) is 12.1 Å². The molecule has 0 fully saturated rings. The van der Waals surface area contributed by atoms with E-state index in [2.05, 4.69) is 15.3 Å². The van der Waals surface area contributed by atoms with Crippen molar-refractivity contribution in [3.05, 3.63) is 30.1 Å². The fourth-order valence-electron chi connectivity index (χ4n) is 1.62. The molecule has 0 spiro atoms. The van der Waals surface area contributed by atoms with Gasteiger partial charge in [-0.25, -0.2) is 4.98 Å². The van der Waals surface area contributed by atoms with Gasteiger partial charge in [-0.3, -0.25) is 4.79 Å². The normalized spacial score (nSPS) is 11.7. The summed E-state index contributed by atoms with van der Waals surface area (Å²) in [6.45, 7) is 0.0887. The molecule has 19 heavy (non-hydrogen) atoms. The van der Waals surface area contributed by atoms with Crippen molar-refractivity contribution in [1.29, 1.82) is 0 Å². The molecule has 0 unspecified atom stereocenters. The van der Waals surface area contributed by atoms with Crippen LogP contribution in [0.5, 0.6) is 0 Å². The molecule has 0 bridgehead atoms. The summed E-state index contributed by atoms with van der Waals surface area (Å²) in [5.41, 5.74) is 1.57. The van der Waals surface area contributed by atoms with Crippen molar-refractivity contribution < 1.29 is 18.0 Å². The minimum Gasteiger partial charge on any atom is -0.349 e. The number of alkyl halides is 3. The van der Waals surface area contributed by atoms with Gasteiger partial charge in [0.1, 0.15) is 5.82 Å². The Kier molecular flexibility index (Phi) is 3.73. The summed E-state index contributed by atoms with van der Waals surface area (Å²) in [6.07, 6.45) is -5.99. The highest BCUT2D eigenvalue weighted by Gasteiger charge is 2.27. The van der Waals surface area contributed by atoms with Gasteiger partial charge < -0.3 is 10.3 Å². The molecule has 2 aromatic rings. The summed E-state index contributed by atoms with van der Waals surface area (Å²) in [5, 5.41) is 2.40. The molecule has 0 radical (unpaired) electrons. The minimum absolute atomic E-state index is 0.0887. The van der Waals surface area contributed by atoms with Crippen molar-refractivity contribution in [3.63, 3.8) is 0 Å². The monoisotopic (exact) mass is 271 g/mol. The smallest absolute Gasteiger partial charge is 0.349 e. The number of rotatable bonds is 4. The number of para-hydroxylation sites is 2.